The minimum absolute atomic E-state index is 0.0268. The number of nitrogens with one attached hydrogen (secondary N) is 3. The minimum atomic E-state index is -4.54. The highest BCUT2D eigenvalue weighted by Gasteiger charge is 2.29. The molecular formula is C42H45N7O7S. The van der Waals surface area contributed by atoms with Crippen molar-refractivity contribution < 1.29 is 27.6 Å². The molecule has 15 heteroatoms. The number of rotatable bonds is 13. The maximum Gasteiger partial charge on any atom is 0.293 e. The molecule has 14 nitrogen and oxygen atoms in total. The van der Waals surface area contributed by atoms with Crippen LogP contribution in [0.15, 0.2) is 102 Å². The van der Waals surface area contributed by atoms with Crippen LogP contribution in [0.3, 0.4) is 0 Å². The lowest BCUT2D eigenvalue weighted by Gasteiger charge is -2.33. The molecule has 0 saturated carbocycles. The number of nitro groups is 1. The third-order valence-electron chi connectivity index (χ3n) is 11.1. The minimum Gasteiger partial charge on any atom is -0.455 e. The van der Waals surface area contributed by atoms with Crippen molar-refractivity contribution in [2.75, 3.05) is 56.2 Å². The molecule has 1 unspecified atom stereocenters. The first kappa shape index (κ1) is 38.1. The summed E-state index contributed by atoms with van der Waals surface area (Å²) in [5.74, 6) is -0.163. The summed E-state index contributed by atoms with van der Waals surface area (Å²) in [6.45, 7) is 5.41. The first-order valence-corrected chi connectivity index (χ1v) is 20.8. The Morgan fingerprint density at radius 1 is 1.02 bits per heavy atom. The SMILES string of the molecule is O=C(NS(=O)(=O)c1ccc(NCC2CCOCC2)c([N+](=O)[O-])c1)c1ccc(C2=CCN(CC3CCCN3c3ccccc3)CC2)cc1Oc1cnc2[nH]ccc2c1. The molecule has 296 valence electrons. The molecule has 2 saturated heterocycles. The molecule has 3 aliphatic rings. The lowest BCUT2D eigenvalue weighted by molar-refractivity contribution is -0.384. The fraction of sp³-hybridized carbons (Fsp3) is 0.333. The molecule has 2 aromatic heterocycles. The smallest absolute Gasteiger partial charge is 0.293 e. The number of fused-ring (bicyclic) bond motifs is 1. The number of sulfonamides is 1. The Balaban J connectivity index is 1.01. The predicted molar refractivity (Wildman–Crippen MR) is 218 cm³/mol. The number of hydrogen-bond acceptors (Lipinski definition) is 11. The summed E-state index contributed by atoms with van der Waals surface area (Å²) in [4.78, 5) is 37.2. The van der Waals surface area contributed by atoms with Gasteiger partial charge < -0.3 is 24.7 Å². The largest absolute Gasteiger partial charge is 0.455 e. The number of hydrogen-bond donors (Lipinski definition) is 3. The Hall–Kier alpha value is -5.77. The number of aromatic nitrogens is 2. The van der Waals surface area contributed by atoms with E-state index in [0.29, 0.717) is 37.2 Å². The van der Waals surface area contributed by atoms with Gasteiger partial charge in [-0.25, -0.2) is 18.1 Å². The monoisotopic (exact) mass is 791 g/mol. The molecule has 8 rings (SSSR count). The fourth-order valence-corrected chi connectivity index (χ4v) is 8.92. The zero-order chi connectivity index (χ0) is 39.4. The Bertz CT molecular complexity index is 2400. The molecule has 5 heterocycles. The highest BCUT2D eigenvalue weighted by molar-refractivity contribution is 7.90. The van der Waals surface area contributed by atoms with Gasteiger partial charge in [-0.1, -0.05) is 30.3 Å². The molecule has 1 amide bonds. The second kappa shape index (κ2) is 16.8. The molecule has 3 aromatic carbocycles. The first-order chi connectivity index (χ1) is 27.7. The van der Waals surface area contributed by atoms with Gasteiger partial charge in [-0.2, -0.15) is 0 Å². The number of aromatic amines is 1. The second-order valence-corrected chi connectivity index (χ2v) is 16.5. The van der Waals surface area contributed by atoms with Gasteiger partial charge in [-0.05, 0) is 97.7 Å². The Kier molecular flexibility index (Phi) is 11.2. The lowest BCUT2D eigenvalue weighted by Crippen LogP contribution is -2.42. The van der Waals surface area contributed by atoms with Gasteiger partial charge in [0, 0.05) is 75.3 Å². The van der Waals surface area contributed by atoms with Crippen LogP contribution in [0.4, 0.5) is 17.1 Å². The van der Waals surface area contributed by atoms with Crippen molar-refractivity contribution in [2.45, 2.75) is 43.0 Å². The predicted octanol–water partition coefficient (Wildman–Crippen LogP) is 6.98. The third-order valence-corrected chi connectivity index (χ3v) is 12.4. The number of nitro benzene ring substituents is 1. The van der Waals surface area contributed by atoms with E-state index in [1.165, 1.54) is 30.4 Å². The molecule has 0 bridgehead atoms. The van der Waals surface area contributed by atoms with Crippen molar-refractivity contribution >= 4 is 49.6 Å². The zero-order valence-electron chi connectivity index (χ0n) is 31.4. The van der Waals surface area contributed by atoms with Crippen LogP contribution < -0.4 is 19.7 Å². The molecule has 3 N–H and O–H groups in total. The average Bonchev–Trinajstić information content (AvgIpc) is 3.90. The number of amides is 1. The highest BCUT2D eigenvalue weighted by atomic mass is 32.2. The van der Waals surface area contributed by atoms with Gasteiger partial charge in [0.1, 0.15) is 22.8 Å². The van der Waals surface area contributed by atoms with Crippen molar-refractivity contribution in [3.63, 3.8) is 0 Å². The maximum atomic E-state index is 13.8. The molecule has 3 aliphatic heterocycles. The van der Waals surface area contributed by atoms with Gasteiger partial charge in [0.2, 0.25) is 0 Å². The van der Waals surface area contributed by atoms with Crippen molar-refractivity contribution in [1.29, 1.82) is 0 Å². The highest BCUT2D eigenvalue weighted by Crippen LogP contribution is 2.34. The van der Waals surface area contributed by atoms with Gasteiger partial charge in [0.15, 0.2) is 0 Å². The number of H-pyrrole nitrogens is 1. The molecule has 57 heavy (non-hydrogen) atoms. The van der Waals surface area contributed by atoms with E-state index < -0.39 is 31.4 Å². The topological polar surface area (TPSA) is 172 Å². The quantitative estimate of drug-likeness (QED) is 0.0830. The summed E-state index contributed by atoms with van der Waals surface area (Å²) in [7, 11) is -4.54. The number of pyridine rings is 1. The zero-order valence-corrected chi connectivity index (χ0v) is 32.2. The van der Waals surface area contributed by atoms with Crippen LogP contribution in [-0.4, -0.2) is 86.1 Å². The van der Waals surface area contributed by atoms with Crippen molar-refractivity contribution in [1.82, 2.24) is 19.6 Å². The van der Waals surface area contributed by atoms with Crippen LogP contribution in [0.2, 0.25) is 0 Å². The van der Waals surface area contributed by atoms with Crippen LogP contribution in [0.5, 0.6) is 11.5 Å². The Morgan fingerprint density at radius 3 is 2.65 bits per heavy atom. The number of benzene rings is 3. The molecule has 2 fully saturated rings. The number of carbonyl (C=O) groups is 1. The van der Waals surface area contributed by atoms with E-state index in [2.05, 4.69) is 60.1 Å². The number of nitrogens with zero attached hydrogens (tertiary/aromatic N) is 4. The summed E-state index contributed by atoms with van der Waals surface area (Å²) in [6, 6.07) is 23.3. The van der Waals surface area contributed by atoms with Crippen LogP contribution in [-0.2, 0) is 14.8 Å². The standard InChI is InChI=1S/C42H45N7O7S/c50-42(46-57(53,54)36-9-11-38(39(25-36)49(51)52)44-26-29-15-21-55-22-16-29)37-10-8-31(24-40(37)56-35-23-32-12-17-43-41(32)45-27-35)30-13-19-47(20-14-30)28-34-7-4-18-48(34)33-5-2-1-3-6-33/h1-3,5-6,8-13,17,23-25,27,29,34,44H,4,7,14-16,18-22,26,28H2,(H,43,45)(H,46,50). The summed E-state index contributed by atoms with van der Waals surface area (Å²) >= 11 is 0. The van der Waals surface area contributed by atoms with E-state index in [-0.39, 0.29) is 22.9 Å². The number of anilines is 2. The van der Waals surface area contributed by atoms with E-state index >= 15 is 0 Å². The second-order valence-electron chi connectivity index (χ2n) is 14.8. The molecule has 0 aliphatic carbocycles. The van der Waals surface area contributed by atoms with Gasteiger partial charge in [-0.15, -0.1) is 0 Å². The van der Waals surface area contributed by atoms with Gasteiger partial charge in [0.05, 0.1) is 21.6 Å². The number of carbonyl (C=O) groups excluding carboxylic acids is 1. The fourth-order valence-electron chi connectivity index (χ4n) is 7.94. The number of para-hydroxylation sites is 1. The Labute approximate surface area is 331 Å². The van der Waals surface area contributed by atoms with Crippen LogP contribution in [0, 0.1) is 16.0 Å². The van der Waals surface area contributed by atoms with Crippen LogP contribution in [0.25, 0.3) is 16.6 Å². The van der Waals surface area contributed by atoms with Crippen molar-refractivity contribution in [3.05, 3.63) is 119 Å². The lowest BCUT2D eigenvalue weighted by atomic mass is 9.97. The summed E-state index contributed by atoms with van der Waals surface area (Å²) < 4.78 is 41.0. The van der Waals surface area contributed by atoms with Gasteiger partial charge in [0.25, 0.3) is 21.6 Å². The molecule has 1 atom stereocenters. The van der Waals surface area contributed by atoms with Crippen molar-refractivity contribution in [2.24, 2.45) is 5.92 Å². The maximum absolute atomic E-state index is 13.8. The number of ether oxygens (including phenoxy) is 2. The van der Waals surface area contributed by atoms with E-state index in [4.69, 9.17) is 9.47 Å². The molecule has 0 spiro atoms. The average molecular weight is 792 g/mol. The molecular weight excluding hydrogens is 747 g/mol. The Morgan fingerprint density at radius 2 is 1.86 bits per heavy atom. The summed E-state index contributed by atoms with van der Waals surface area (Å²) in [6.07, 6.45) is 10.3. The summed E-state index contributed by atoms with van der Waals surface area (Å²) in [5.41, 5.74) is 3.64. The van der Waals surface area contributed by atoms with E-state index in [0.717, 1.165) is 74.5 Å². The van der Waals surface area contributed by atoms with Crippen LogP contribution in [0.1, 0.15) is 48.0 Å². The van der Waals surface area contributed by atoms with Crippen LogP contribution >= 0.6 is 0 Å². The van der Waals surface area contributed by atoms with E-state index in [1.54, 1.807) is 30.5 Å². The molecule has 5 aromatic rings. The normalized spacial score (nSPS) is 18.0. The van der Waals surface area contributed by atoms with Gasteiger partial charge >= 0.3 is 0 Å². The van der Waals surface area contributed by atoms with E-state index in [1.807, 2.05) is 12.1 Å². The first-order valence-electron chi connectivity index (χ1n) is 19.4. The summed E-state index contributed by atoms with van der Waals surface area (Å²) in [5, 5.41) is 15.9. The third kappa shape index (κ3) is 8.80. The van der Waals surface area contributed by atoms with E-state index in [9.17, 15) is 23.3 Å². The molecule has 0 radical (unpaired) electrons. The van der Waals surface area contributed by atoms with Crippen molar-refractivity contribution in [3.8, 4) is 11.5 Å². The van der Waals surface area contributed by atoms with Gasteiger partial charge in [-0.3, -0.25) is 19.8 Å².